The maximum absolute atomic E-state index is 14.5. The number of nitrogens with zero attached hydrogens (tertiary/aromatic N) is 2. The van der Waals surface area contributed by atoms with E-state index in [0.717, 1.165) is 6.20 Å². The van der Waals surface area contributed by atoms with Crippen LogP contribution in [0.15, 0.2) is 15.8 Å². The van der Waals surface area contributed by atoms with E-state index in [4.69, 9.17) is 26.1 Å². The molecule has 0 radical (unpaired) electrons. The second-order valence-electron chi connectivity index (χ2n) is 4.75. The molecule has 0 saturated carbocycles. The quantitative estimate of drug-likeness (QED) is 0.624. The van der Waals surface area contributed by atoms with Crippen LogP contribution >= 0.6 is 19.4 Å². The van der Waals surface area contributed by atoms with Crippen LogP contribution in [-0.4, -0.2) is 31.8 Å². The summed E-state index contributed by atoms with van der Waals surface area (Å²) in [5.41, 5.74) is -4.09. The predicted octanol–water partition coefficient (Wildman–Crippen LogP) is -0.0481. The Bertz CT molecular complexity index is 829. The Hall–Kier alpha value is -1.54. The third kappa shape index (κ3) is 3.69. The maximum atomic E-state index is 14.5. The molecule has 1 aliphatic rings. The Balaban J connectivity index is 2.37. The number of aromatic amines is 1. The van der Waals surface area contributed by atoms with Crippen molar-refractivity contribution in [3.8, 4) is 6.07 Å². The summed E-state index contributed by atoms with van der Waals surface area (Å²) in [5.74, 6) is -2.71. The van der Waals surface area contributed by atoms with Gasteiger partial charge in [0.2, 0.25) is 11.6 Å². The van der Waals surface area contributed by atoms with Crippen LogP contribution in [0.2, 0.25) is 5.02 Å². The van der Waals surface area contributed by atoms with Crippen molar-refractivity contribution >= 4 is 19.4 Å². The fourth-order valence-electron chi connectivity index (χ4n) is 2.06. The fourth-order valence-corrected chi connectivity index (χ4v) is 2.57. The van der Waals surface area contributed by atoms with Crippen molar-refractivity contribution in [1.29, 1.82) is 5.26 Å². The third-order valence-electron chi connectivity index (χ3n) is 3.10. The summed E-state index contributed by atoms with van der Waals surface area (Å²) in [6, 6.07) is 1.60. The number of alkyl halides is 1. The molecule has 1 aromatic heterocycles. The minimum Gasteiger partial charge on any atom is -0.303 e. The van der Waals surface area contributed by atoms with Gasteiger partial charge in [-0.15, -0.1) is 0 Å². The van der Waals surface area contributed by atoms with Crippen molar-refractivity contribution in [2.45, 2.75) is 24.4 Å². The number of aromatic nitrogens is 2. The van der Waals surface area contributed by atoms with Gasteiger partial charge in [-0.2, -0.15) is 5.26 Å². The lowest BCUT2D eigenvalue weighted by molar-refractivity contribution is -0.201. The predicted molar refractivity (Wildman–Crippen MR) is 72.1 cm³/mol. The van der Waals surface area contributed by atoms with Crippen molar-refractivity contribution < 1.29 is 28.0 Å². The molecular formula is C10H10ClFN3O7P. The molecule has 0 aliphatic carbocycles. The molecule has 0 unspecified atom stereocenters. The lowest BCUT2D eigenvalue weighted by Crippen LogP contribution is -2.45. The van der Waals surface area contributed by atoms with Gasteiger partial charge in [-0.05, 0) is 0 Å². The summed E-state index contributed by atoms with van der Waals surface area (Å²) in [4.78, 5) is 42.1. The van der Waals surface area contributed by atoms with E-state index < -0.39 is 48.7 Å². The van der Waals surface area contributed by atoms with Crippen LogP contribution in [-0.2, 0) is 19.6 Å². The number of phosphoric acid groups is 1. The normalized spacial score (nSPS) is 27.8. The van der Waals surface area contributed by atoms with E-state index in [1.54, 1.807) is 6.07 Å². The van der Waals surface area contributed by atoms with Crippen LogP contribution in [0.4, 0.5) is 4.39 Å². The second-order valence-corrected chi connectivity index (χ2v) is 6.40. The van der Waals surface area contributed by atoms with Crippen molar-refractivity contribution in [2.75, 3.05) is 6.61 Å². The van der Waals surface area contributed by atoms with Gasteiger partial charge in [-0.3, -0.25) is 18.9 Å². The Labute approximate surface area is 132 Å². The van der Waals surface area contributed by atoms with Crippen LogP contribution in [0.25, 0.3) is 0 Å². The van der Waals surface area contributed by atoms with Gasteiger partial charge in [-0.1, -0.05) is 11.6 Å². The first kappa shape index (κ1) is 17.8. The van der Waals surface area contributed by atoms with Gasteiger partial charge in [-0.25, -0.2) is 13.8 Å². The molecule has 0 aromatic carbocycles. The average Bonchev–Trinajstić information content (AvgIpc) is 2.80. The zero-order valence-electron chi connectivity index (χ0n) is 11.2. The molecule has 1 aliphatic heterocycles. The first-order chi connectivity index (χ1) is 10.5. The molecule has 13 heteroatoms. The molecule has 1 saturated heterocycles. The molecule has 0 amide bonds. The van der Waals surface area contributed by atoms with E-state index in [1.165, 1.54) is 0 Å². The van der Waals surface area contributed by atoms with Crippen molar-refractivity contribution in [2.24, 2.45) is 0 Å². The lowest BCUT2D eigenvalue weighted by atomic mass is 10.1. The molecule has 23 heavy (non-hydrogen) atoms. The highest BCUT2D eigenvalue weighted by atomic mass is 35.5. The van der Waals surface area contributed by atoms with Gasteiger partial charge in [0.15, 0.2) is 0 Å². The van der Waals surface area contributed by atoms with E-state index >= 15 is 0 Å². The first-order valence-corrected chi connectivity index (χ1v) is 7.93. The average molecular weight is 370 g/mol. The minimum absolute atomic E-state index is 0.340. The summed E-state index contributed by atoms with van der Waals surface area (Å²) >= 11 is 5.59. The Morgan fingerprint density at radius 3 is 2.78 bits per heavy atom. The molecule has 10 nitrogen and oxygen atoms in total. The topological polar surface area (TPSA) is 155 Å². The molecule has 2 rings (SSSR count). The maximum Gasteiger partial charge on any atom is 0.469 e. The SMILES string of the molecule is N#C[C@]1(n2cc(Cl)c(=O)[nH]c2=O)CC[C@@](F)(COP(=O)(O)O)O1. The summed E-state index contributed by atoms with van der Waals surface area (Å²) in [7, 11) is -4.95. The molecule has 0 spiro atoms. The van der Waals surface area contributed by atoms with Crippen LogP contribution in [0.5, 0.6) is 0 Å². The highest BCUT2D eigenvalue weighted by molar-refractivity contribution is 7.46. The van der Waals surface area contributed by atoms with Crippen LogP contribution in [0, 0.1) is 11.3 Å². The van der Waals surface area contributed by atoms with Gasteiger partial charge >= 0.3 is 13.5 Å². The zero-order chi connectivity index (χ0) is 17.5. The molecule has 3 N–H and O–H groups in total. The number of phosphoric ester groups is 1. The van der Waals surface area contributed by atoms with Crippen LogP contribution < -0.4 is 11.2 Å². The van der Waals surface area contributed by atoms with Crippen molar-refractivity contribution in [3.63, 3.8) is 0 Å². The van der Waals surface area contributed by atoms with Crippen LogP contribution in [0.1, 0.15) is 12.8 Å². The third-order valence-corrected chi connectivity index (χ3v) is 3.83. The fraction of sp³-hybridized carbons (Fsp3) is 0.500. The largest absolute Gasteiger partial charge is 0.469 e. The number of halogens is 2. The number of rotatable bonds is 4. The lowest BCUT2D eigenvalue weighted by Gasteiger charge is -2.26. The zero-order valence-corrected chi connectivity index (χ0v) is 12.9. The van der Waals surface area contributed by atoms with Gasteiger partial charge in [0, 0.05) is 19.0 Å². The van der Waals surface area contributed by atoms with Gasteiger partial charge in [0.25, 0.3) is 5.56 Å². The molecule has 2 heterocycles. The molecular weight excluding hydrogens is 360 g/mol. The number of hydrogen-bond acceptors (Lipinski definition) is 6. The van der Waals surface area contributed by atoms with E-state index in [2.05, 4.69) is 4.52 Å². The minimum atomic E-state index is -4.95. The van der Waals surface area contributed by atoms with Crippen molar-refractivity contribution in [1.82, 2.24) is 9.55 Å². The monoisotopic (exact) mass is 369 g/mol. The number of nitrogens with one attached hydrogen (secondary N) is 1. The summed E-state index contributed by atoms with van der Waals surface area (Å²) in [6.07, 6.45) is -0.00192. The van der Waals surface area contributed by atoms with Crippen LogP contribution in [0.3, 0.4) is 0 Å². The van der Waals surface area contributed by atoms with Crippen molar-refractivity contribution in [3.05, 3.63) is 32.1 Å². The number of nitriles is 1. The molecule has 2 atom stereocenters. The van der Waals surface area contributed by atoms with Gasteiger partial charge in [0.05, 0.1) is 0 Å². The molecule has 126 valence electrons. The first-order valence-electron chi connectivity index (χ1n) is 6.03. The number of hydrogen-bond donors (Lipinski definition) is 3. The summed E-state index contributed by atoms with van der Waals surface area (Å²) < 4.78 is 34.7. The Morgan fingerprint density at radius 1 is 1.57 bits per heavy atom. The smallest absolute Gasteiger partial charge is 0.303 e. The highest BCUT2D eigenvalue weighted by Crippen LogP contribution is 2.45. The van der Waals surface area contributed by atoms with E-state index in [1.807, 2.05) is 4.98 Å². The Morgan fingerprint density at radius 2 is 2.22 bits per heavy atom. The number of H-pyrrole nitrogens is 1. The van der Waals surface area contributed by atoms with E-state index in [0.29, 0.717) is 4.57 Å². The van der Waals surface area contributed by atoms with E-state index in [9.17, 15) is 23.8 Å². The number of ether oxygens (including phenoxy) is 1. The molecule has 1 aromatic rings. The Kier molecular flexibility index (Phi) is 4.51. The summed E-state index contributed by atoms with van der Waals surface area (Å²) in [5, 5.41) is 8.86. The second kappa shape index (κ2) is 5.83. The molecule has 0 bridgehead atoms. The van der Waals surface area contributed by atoms with Gasteiger partial charge < -0.3 is 14.5 Å². The highest BCUT2D eigenvalue weighted by Gasteiger charge is 2.53. The van der Waals surface area contributed by atoms with Gasteiger partial charge in [0.1, 0.15) is 17.7 Å². The van der Waals surface area contributed by atoms with E-state index in [-0.39, 0.29) is 6.42 Å². The summed E-state index contributed by atoms with van der Waals surface area (Å²) in [6.45, 7) is -1.15. The molecule has 1 fully saturated rings. The standard InChI is InChI=1S/C10H10ClFN3O7P/c11-6-3-15(8(17)14-7(6)16)10(4-13)2-1-9(12,22-10)5-21-23(18,19)20/h3H,1-2,5H2,(H,14,16,17)(H2,18,19,20)/t9-,10-/m0/s1.